The van der Waals surface area contributed by atoms with E-state index in [1.165, 1.54) is 0 Å². The minimum Gasteiger partial charge on any atom is -0.391 e. The first kappa shape index (κ1) is 17.2. The molecule has 0 radical (unpaired) electrons. The number of amides is 1. The number of hydrogen-bond acceptors (Lipinski definition) is 3. The van der Waals surface area contributed by atoms with Crippen molar-refractivity contribution < 1.29 is 14.6 Å². The Morgan fingerprint density at radius 2 is 1.61 bits per heavy atom. The first-order valence-corrected chi connectivity index (χ1v) is 7.80. The summed E-state index contributed by atoms with van der Waals surface area (Å²) in [7, 11) is 0. The van der Waals surface area contributed by atoms with E-state index in [2.05, 4.69) is 5.32 Å². The molecule has 2 rings (SSSR count). The molecule has 0 aliphatic rings. The van der Waals surface area contributed by atoms with Crippen LogP contribution in [0.2, 0.25) is 0 Å². The number of rotatable bonds is 8. The number of ether oxygens (including phenoxy) is 1. The van der Waals surface area contributed by atoms with Crippen molar-refractivity contribution in [2.45, 2.75) is 32.2 Å². The van der Waals surface area contributed by atoms with Crippen LogP contribution in [-0.2, 0) is 22.6 Å². The fourth-order valence-corrected chi connectivity index (χ4v) is 2.19. The molecule has 2 N–H and O–H groups in total. The Morgan fingerprint density at radius 3 is 2.22 bits per heavy atom. The Bertz CT molecular complexity index is 586. The summed E-state index contributed by atoms with van der Waals surface area (Å²) in [6, 6.07) is 19.4. The van der Waals surface area contributed by atoms with Gasteiger partial charge in [-0.05, 0) is 18.1 Å². The van der Waals surface area contributed by atoms with Crippen LogP contribution in [0.5, 0.6) is 0 Å². The zero-order chi connectivity index (χ0) is 16.5. The Morgan fingerprint density at radius 1 is 1.04 bits per heavy atom. The third kappa shape index (κ3) is 6.22. The lowest BCUT2D eigenvalue weighted by atomic mass is 10.1. The first-order chi connectivity index (χ1) is 11.1. The quantitative estimate of drug-likeness (QED) is 0.786. The van der Waals surface area contributed by atoms with Gasteiger partial charge >= 0.3 is 0 Å². The van der Waals surface area contributed by atoms with Crippen molar-refractivity contribution in [3.63, 3.8) is 0 Å². The van der Waals surface area contributed by atoms with Crippen molar-refractivity contribution >= 4 is 5.91 Å². The van der Waals surface area contributed by atoms with Crippen LogP contribution < -0.4 is 5.32 Å². The molecule has 0 bridgehead atoms. The monoisotopic (exact) mass is 313 g/mol. The smallest absolute Gasteiger partial charge is 0.248 e. The predicted octanol–water partition coefficient (Wildman–Crippen LogP) is 2.31. The van der Waals surface area contributed by atoms with Gasteiger partial charge in [-0.2, -0.15) is 0 Å². The van der Waals surface area contributed by atoms with E-state index in [-0.39, 0.29) is 12.5 Å². The highest BCUT2D eigenvalue weighted by Gasteiger charge is 2.15. The second-order valence-corrected chi connectivity index (χ2v) is 5.53. The van der Waals surface area contributed by atoms with Gasteiger partial charge in [0.05, 0.1) is 12.7 Å². The summed E-state index contributed by atoms with van der Waals surface area (Å²) in [5.74, 6) is -0.215. The van der Waals surface area contributed by atoms with Gasteiger partial charge in [0.15, 0.2) is 0 Å². The maximum Gasteiger partial charge on any atom is 0.248 e. The molecule has 2 atom stereocenters. The molecule has 0 aliphatic heterocycles. The van der Waals surface area contributed by atoms with E-state index in [0.717, 1.165) is 11.1 Å². The lowest BCUT2D eigenvalue weighted by molar-refractivity contribution is -0.132. The highest BCUT2D eigenvalue weighted by Crippen LogP contribution is 2.04. The molecule has 0 heterocycles. The lowest BCUT2D eigenvalue weighted by Crippen LogP contribution is -2.39. The van der Waals surface area contributed by atoms with Crippen LogP contribution in [-0.4, -0.2) is 29.8 Å². The zero-order valence-corrected chi connectivity index (χ0v) is 13.3. The van der Waals surface area contributed by atoms with Crippen LogP contribution >= 0.6 is 0 Å². The maximum absolute atomic E-state index is 12.0. The van der Waals surface area contributed by atoms with Crippen molar-refractivity contribution in [1.82, 2.24) is 5.32 Å². The average molecular weight is 313 g/mol. The van der Waals surface area contributed by atoms with E-state index in [9.17, 15) is 9.90 Å². The summed E-state index contributed by atoms with van der Waals surface area (Å²) in [4.78, 5) is 12.0. The highest BCUT2D eigenvalue weighted by molar-refractivity contribution is 5.80. The molecule has 2 unspecified atom stereocenters. The number of carbonyl (C=O) groups excluding carboxylic acids is 1. The Hall–Kier alpha value is -2.17. The van der Waals surface area contributed by atoms with Crippen LogP contribution in [0.1, 0.15) is 18.1 Å². The number of nitrogens with one attached hydrogen (secondary N) is 1. The van der Waals surface area contributed by atoms with Gasteiger partial charge in [-0.25, -0.2) is 0 Å². The summed E-state index contributed by atoms with van der Waals surface area (Å²) >= 11 is 0. The topological polar surface area (TPSA) is 58.6 Å². The minimum atomic E-state index is -0.609. The van der Waals surface area contributed by atoms with Crippen molar-refractivity contribution in [3.05, 3.63) is 71.8 Å². The van der Waals surface area contributed by atoms with E-state index in [0.29, 0.717) is 13.0 Å². The molecular formula is C19H23NO3. The van der Waals surface area contributed by atoms with Crippen molar-refractivity contribution in [2.75, 3.05) is 6.54 Å². The highest BCUT2D eigenvalue weighted by atomic mass is 16.5. The molecule has 23 heavy (non-hydrogen) atoms. The molecule has 1 amide bonds. The number of carbonyl (C=O) groups is 1. The second kappa shape index (κ2) is 9.08. The summed E-state index contributed by atoms with van der Waals surface area (Å²) in [6.45, 7) is 2.32. The molecule has 4 nitrogen and oxygen atoms in total. The molecule has 0 spiro atoms. The molecule has 0 fully saturated rings. The average Bonchev–Trinajstić information content (AvgIpc) is 2.59. The normalized spacial score (nSPS) is 13.3. The van der Waals surface area contributed by atoms with E-state index in [4.69, 9.17) is 4.74 Å². The molecule has 0 saturated heterocycles. The van der Waals surface area contributed by atoms with Crippen LogP contribution in [0.15, 0.2) is 60.7 Å². The van der Waals surface area contributed by atoms with E-state index >= 15 is 0 Å². The molecular weight excluding hydrogens is 290 g/mol. The summed E-state index contributed by atoms with van der Waals surface area (Å²) in [5.41, 5.74) is 2.07. The molecule has 0 aliphatic carbocycles. The second-order valence-electron chi connectivity index (χ2n) is 5.53. The number of hydrogen-bond donors (Lipinski definition) is 2. The number of benzene rings is 2. The molecule has 2 aromatic rings. The molecule has 0 aromatic heterocycles. The standard InChI is InChI=1S/C19H23NO3/c1-15(23-14-17-10-6-3-7-11-17)19(22)20-13-18(21)12-16-8-4-2-5-9-16/h2-11,15,18,21H,12-14H2,1H3,(H,20,22). The summed E-state index contributed by atoms with van der Waals surface area (Å²) in [6.07, 6.45) is -0.651. The number of aliphatic hydroxyl groups is 1. The Kier molecular flexibility index (Phi) is 6.78. The Balaban J connectivity index is 1.69. The van der Waals surface area contributed by atoms with Gasteiger partial charge in [0, 0.05) is 13.0 Å². The van der Waals surface area contributed by atoms with Crippen molar-refractivity contribution in [3.8, 4) is 0 Å². The molecule has 2 aromatic carbocycles. The van der Waals surface area contributed by atoms with Gasteiger partial charge in [0.1, 0.15) is 6.10 Å². The van der Waals surface area contributed by atoms with Gasteiger partial charge in [-0.1, -0.05) is 60.7 Å². The first-order valence-electron chi connectivity index (χ1n) is 7.80. The van der Waals surface area contributed by atoms with Gasteiger partial charge in [-0.15, -0.1) is 0 Å². The van der Waals surface area contributed by atoms with Crippen LogP contribution in [0.4, 0.5) is 0 Å². The van der Waals surface area contributed by atoms with Crippen LogP contribution in [0.3, 0.4) is 0 Å². The van der Waals surface area contributed by atoms with Crippen molar-refractivity contribution in [2.24, 2.45) is 0 Å². The third-order valence-corrected chi connectivity index (χ3v) is 3.54. The van der Waals surface area contributed by atoms with Gasteiger partial charge in [0.25, 0.3) is 0 Å². The predicted molar refractivity (Wildman–Crippen MR) is 89.9 cm³/mol. The summed E-state index contributed by atoms with van der Waals surface area (Å²) < 4.78 is 5.55. The van der Waals surface area contributed by atoms with E-state index < -0.39 is 12.2 Å². The summed E-state index contributed by atoms with van der Waals surface area (Å²) in [5, 5.41) is 12.7. The maximum atomic E-state index is 12.0. The number of aliphatic hydroxyl groups excluding tert-OH is 1. The Labute approximate surface area is 137 Å². The van der Waals surface area contributed by atoms with Crippen LogP contribution in [0, 0.1) is 0 Å². The van der Waals surface area contributed by atoms with Crippen LogP contribution in [0.25, 0.3) is 0 Å². The molecule has 122 valence electrons. The zero-order valence-electron chi connectivity index (χ0n) is 13.3. The van der Waals surface area contributed by atoms with E-state index in [1.54, 1.807) is 6.92 Å². The van der Waals surface area contributed by atoms with E-state index in [1.807, 2.05) is 60.7 Å². The van der Waals surface area contributed by atoms with Crippen molar-refractivity contribution in [1.29, 1.82) is 0 Å². The fourth-order valence-electron chi connectivity index (χ4n) is 2.19. The fraction of sp³-hybridized carbons (Fsp3) is 0.316. The van der Waals surface area contributed by atoms with Gasteiger partial charge < -0.3 is 15.2 Å². The molecule has 4 heteroatoms. The molecule has 0 saturated carbocycles. The lowest BCUT2D eigenvalue weighted by Gasteiger charge is -2.16. The van der Waals surface area contributed by atoms with Gasteiger partial charge in [0.2, 0.25) is 5.91 Å². The largest absolute Gasteiger partial charge is 0.391 e. The van der Waals surface area contributed by atoms with Gasteiger partial charge in [-0.3, -0.25) is 4.79 Å². The minimum absolute atomic E-state index is 0.215. The third-order valence-electron chi connectivity index (χ3n) is 3.54. The SMILES string of the molecule is CC(OCc1ccccc1)C(=O)NCC(O)Cc1ccccc1.